The van der Waals surface area contributed by atoms with E-state index in [0.717, 1.165) is 0 Å². The molecule has 24 heavy (non-hydrogen) atoms. The fraction of sp³-hybridized carbons (Fsp3) is 0.353. The minimum atomic E-state index is -1.13. The van der Waals surface area contributed by atoms with Gasteiger partial charge in [0.05, 0.1) is 11.3 Å². The van der Waals surface area contributed by atoms with Crippen molar-refractivity contribution >= 4 is 23.4 Å². The Bertz CT molecular complexity index is 694. The first-order chi connectivity index (χ1) is 11.3. The number of carbonyl (C=O) groups is 3. The molecule has 3 N–H and O–H groups in total. The number of nitrogens with zero attached hydrogens (tertiary/aromatic N) is 1. The first-order valence-electron chi connectivity index (χ1n) is 7.65. The fourth-order valence-corrected chi connectivity index (χ4v) is 2.77. The second-order valence-electron chi connectivity index (χ2n) is 5.83. The third kappa shape index (κ3) is 3.79. The number of aryl methyl sites for hydroxylation is 1. The highest BCUT2D eigenvalue weighted by molar-refractivity contribution is 6.08. The number of anilines is 1. The lowest BCUT2D eigenvalue weighted by Crippen LogP contribution is -2.42. The van der Waals surface area contributed by atoms with E-state index >= 15 is 0 Å². The molecule has 0 bridgehead atoms. The van der Waals surface area contributed by atoms with Crippen molar-refractivity contribution in [3.63, 3.8) is 0 Å². The Morgan fingerprint density at radius 2 is 1.92 bits per heavy atom. The van der Waals surface area contributed by atoms with E-state index in [1.165, 1.54) is 6.07 Å². The molecule has 1 aromatic carbocycles. The summed E-state index contributed by atoms with van der Waals surface area (Å²) in [6.07, 6.45) is 1.02. The van der Waals surface area contributed by atoms with Crippen LogP contribution in [-0.2, 0) is 9.59 Å². The molecule has 6 nitrogen and oxygen atoms in total. The number of hydrogen-bond acceptors (Lipinski definition) is 3. The molecular formula is C17H20FN3O3. The van der Waals surface area contributed by atoms with E-state index in [2.05, 4.69) is 11.9 Å². The summed E-state index contributed by atoms with van der Waals surface area (Å²) in [5.41, 5.74) is 6.51. The number of nitrogens with two attached hydrogens (primary N) is 1. The van der Waals surface area contributed by atoms with Crippen molar-refractivity contribution in [2.24, 2.45) is 11.7 Å². The fourth-order valence-electron chi connectivity index (χ4n) is 2.77. The van der Waals surface area contributed by atoms with Gasteiger partial charge in [-0.25, -0.2) is 4.39 Å². The summed E-state index contributed by atoms with van der Waals surface area (Å²) >= 11 is 0. The number of hydrogen-bond donors (Lipinski definition) is 2. The number of halogens is 1. The zero-order valence-electron chi connectivity index (χ0n) is 13.5. The van der Waals surface area contributed by atoms with Crippen LogP contribution < -0.4 is 11.1 Å². The number of rotatable bonds is 4. The average Bonchev–Trinajstić information content (AvgIpc) is 2.54. The highest BCUT2D eigenvalue weighted by atomic mass is 19.1. The van der Waals surface area contributed by atoms with Gasteiger partial charge >= 0.3 is 0 Å². The second-order valence-corrected chi connectivity index (χ2v) is 5.83. The standard InChI is InChI=1S/C17H20FN3O3/c1-10-4-3-5-13(20-16(23)11(2)18)14(10)17(24)21-8-6-12(7-9-21)15(19)22/h3-5,12H,2,6-9H2,1H3,(H2,19,22)(H,20,23). The normalized spacial score (nSPS) is 15.0. The number of carbonyl (C=O) groups excluding carboxylic acids is 3. The molecule has 0 atom stereocenters. The molecule has 1 fully saturated rings. The van der Waals surface area contributed by atoms with Crippen molar-refractivity contribution in [2.45, 2.75) is 19.8 Å². The van der Waals surface area contributed by atoms with Crippen LogP contribution in [0.1, 0.15) is 28.8 Å². The first kappa shape index (κ1) is 17.7. The molecule has 0 radical (unpaired) electrons. The molecule has 1 heterocycles. The highest BCUT2D eigenvalue weighted by Gasteiger charge is 2.28. The number of primary amides is 1. The van der Waals surface area contributed by atoms with Crippen LogP contribution in [0.25, 0.3) is 0 Å². The van der Waals surface area contributed by atoms with Crippen LogP contribution in [0.2, 0.25) is 0 Å². The van der Waals surface area contributed by atoms with Gasteiger partial charge in [-0.1, -0.05) is 18.7 Å². The van der Waals surface area contributed by atoms with Crippen LogP contribution >= 0.6 is 0 Å². The summed E-state index contributed by atoms with van der Waals surface area (Å²) in [6.45, 7) is 5.50. The predicted molar refractivity (Wildman–Crippen MR) is 87.9 cm³/mol. The van der Waals surface area contributed by atoms with E-state index in [0.29, 0.717) is 37.1 Å². The van der Waals surface area contributed by atoms with E-state index in [-0.39, 0.29) is 23.4 Å². The number of amides is 3. The van der Waals surface area contributed by atoms with E-state index in [1.54, 1.807) is 24.0 Å². The van der Waals surface area contributed by atoms with Crippen molar-refractivity contribution < 1.29 is 18.8 Å². The first-order valence-corrected chi connectivity index (χ1v) is 7.65. The van der Waals surface area contributed by atoms with Crippen LogP contribution in [0.4, 0.5) is 10.1 Å². The van der Waals surface area contributed by atoms with Crippen LogP contribution in [0.15, 0.2) is 30.6 Å². The van der Waals surface area contributed by atoms with Crippen molar-refractivity contribution in [3.8, 4) is 0 Å². The van der Waals surface area contributed by atoms with Gasteiger partial charge in [0, 0.05) is 19.0 Å². The summed E-state index contributed by atoms with van der Waals surface area (Å²) in [4.78, 5) is 37.2. The molecule has 1 aliphatic heterocycles. The van der Waals surface area contributed by atoms with Gasteiger partial charge < -0.3 is 16.0 Å². The molecule has 128 valence electrons. The SMILES string of the molecule is C=C(F)C(=O)Nc1cccc(C)c1C(=O)N1CCC(C(N)=O)CC1. The summed E-state index contributed by atoms with van der Waals surface area (Å²) < 4.78 is 12.9. The molecule has 1 aliphatic rings. The molecule has 7 heteroatoms. The Kier molecular flexibility index (Phi) is 5.33. The smallest absolute Gasteiger partial charge is 0.283 e. The van der Waals surface area contributed by atoms with E-state index in [4.69, 9.17) is 5.73 Å². The molecule has 0 aliphatic carbocycles. The Balaban J connectivity index is 2.22. The molecule has 0 saturated carbocycles. The lowest BCUT2D eigenvalue weighted by molar-refractivity contribution is -0.123. The van der Waals surface area contributed by atoms with Gasteiger partial charge in [0.15, 0.2) is 5.83 Å². The number of likely N-dealkylation sites (tertiary alicyclic amines) is 1. The van der Waals surface area contributed by atoms with Gasteiger partial charge in [-0.15, -0.1) is 0 Å². The highest BCUT2D eigenvalue weighted by Crippen LogP contribution is 2.25. The number of piperidine rings is 1. The van der Waals surface area contributed by atoms with Crippen LogP contribution in [0.3, 0.4) is 0 Å². The monoisotopic (exact) mass is 333 g/mol. The topological polar surface area (TPSA) is 92.5 Å². The minimum Gasteiger partial charge on any atom is -0.369 e. The van der Waals surface area contributed by atoms with E-state index < -0.39 is 11.7 Å². The van der Waals surface area contributed by atoms with Gasteiger partial charge in [0.2, 0.25) is 5.91 Å². The van der Waals surface area contributed by atoms with Crippen LogP contribution in [-0.4, -0.2) is 35.7 Å². The third-order valence-electron chi connectivity index (χ3n) is 4.17. The van der Waals surface area contributed by atoms with Crippen molar-refractivity contribution in [3.05, 3.63) is 41.7 Å². The molecular weight excluding hydrogens is 313 g/mol. The quantitative estimate of drug-likeness (QED) is 0.822. The van der Waals surface area contributed by atoms with Gasteiger partial charge in [-0.05, 0) is 31.4 Å². The van der Waals surface area contributed by atoms with E-state index in [1.807, 2.05) is 0 Å². The van der Waals surface area contributed by atoms with Crippen molar-refractivity contribution in [1.82, 2.24) is 4.90 Å². The maximum atomic E-state index is 12.9. The minimum absolute atomic E-state index is 0.222. The zero-order chi connectivity index (χ0) is 17.9. The molecule has 3 amide bonds. The average molecular weight is 333 g/mol. The predicted octanol–water partition coefficient (Wildman–Crippen LogP) is 1.75. The summed E-state index contributed by atoms with van der Waals surface area (Å²) in [5, 5.41) is 2.36. The van der Waals surface area contributed by atoms with Gasteiger partial charge in [-0.2, -0.15) is 0 Å². The van der Waals surface area contributed by atoms with Crippen molar-refractivity contribution in [2.75, 3.05) is 18.4 Å². The lowest BCUT2D eigenvalue weighted by Gasteiger charge is -2.31. The summed E-state index contributed by atoms with van der Waals surface area (Å²) in [5.74, 6) is -2.96. The van der Waals surface area contributed by atoms with E-state index in [9.17, 15) is 18.8 Å². The van der Waals surface area contributed by atoms with Gasteiger partial charge in [0.1, 0.15) is 0 Å². The summed E-state index contributed by atoms with van der Waals surface area (Å²) in [6, 6.07) is 4.95. The summed E-state index contributed by atoms with van der Waals surface area (Å²) in [7, 11) is 0. The Morgan fingerprint density at radius 1 is 1.29 bits per heavy atom. The second kappa shape index (κ2) is 7.25. The van der Waals surface area contributed by atoms with Crippen LogP contribution in [0.5, 0.6) is 0 Å². The molecule has 1 aromatic rings. The third-order valence-corrected chi connectivity index (χ3v) is 4.17. The molecule has 0 aromatic heterocycles. The van der Waals surface area contributed by atoms with Gasteiger partial charge in [0.25, 0.3) is 11.8 Å². The molecule has 1 saturated heterocycles. The zero-order valence-corrected chi connectivity index (χ0v) is 13.5. The van der Waals surface area contributed by atoms with Crippen LogP contribution in [0, 0.1) is 12.8 Å². The lowest BCUT2D eigenvalue weighted by atomic mass is 9.95. The number of benzene rings is 1. The molecule has 0 spiro atoms. The molecule has 2 rings (SSSR count). The maximum Gasteiger partial charge on any atom is 0.283 e. The number of nitrogens with one attached hydrogen (secondary N) is 1. The Labute approximate surface area is 139 Å². The van der Waals surface area contributed by atoms with Crippen molar-refractivity contribution in [1.29, 1.82) is 0 Å². The largest absolute Gasteiger partial charge is 0.369 e. The Morgan fingerprint density at radius 3 is 2.46 bits per heavy atom. The van der Waals surface area contributed by atoms with Gasteiger partial charge in [-0.3, -0.25) is 14.4 Å². The Hall–Kier alpha value is -2.70. The maximum absolute atomic E-state index is 12.9. The molecule has 0 unspecified atom stereocenters.